The van der Waals surface area contributed by atoms with Crippen molar-refractivity contribution in [1.29, 1.82) is 0 Å². The lowest BCUT2D eigenvalue weighted by Crippen LogP contribution is -2.49. The number of nitrogens with zero attached hydrogens (tertiary/aromatic N) is 3. The van der Waals surface area contributed by atoms with Crippen LogP contribution in [-0.4, -0.2) is 46.8 Å². The monoisotopic (exact) mass is 412 g/mol. The van der Waals surface area contributed by atoms with Crippen LogP contribution in [0.15, 0.2) is 58.1 Å². The van der Waals surface area contributed by atoms with Crippen LogP contribution >= 0.6 is 11.6 Å². The van der Waals surface area contributed by atoms with E-state index in [1.54, 1.807) is 29.2 Å². The smallest absolute Gasteiger partial charge is 0.273 e. The van der Waals surface area contributed by atoms with Gasteiger partial charge in [0.1, 0.15) is 0 Å². The van der Waals surface area contributed by atoms with Gasteiger partial charge < -0.3 is 9.80 Å². The first-order valence-corrected chi connectivity index (χ1v) is 9.91. The highest BCUT2D eigenvalue weighted by atomic mass is 35.5. The van der Waals surface area contributed by atoms with Crippen LogP contribution in [0.5, 0.6) is 0 Å². The summed E-state index contributed by atoms with van der Waals surface area (Å²) in [6.45, 7) is 2.72. The molecule has 0 saturated carbocycles. The molecule has 0 atom stereocenters. The van der Waals surface area contributed by atoms with Gasteiger partial charge >= 0.3 is 0 Å². The summed E-state index contributed by atoms with van der Waals surface area (Å²) in [5.41, 5.74) is 0.346. The largest absolute Gasteiger partial charge is 0.367 e. The van der Waals surface area contributed by atoms with Gasteiger partial charge in [-0.05, 0) is 24.3 Å². The predicted octanol–water partition coefficient (Wildman–Crippen LogP) is 2.08. The maximum absolute atomic E-state index is 12.6. The Morgan fingerprint density at radius 1 is 0.931 bits per heavy atom. The quantitative estimate of drug-likeness (QED) is 0.711. The van der Waals surface area contributed by atoms with Gasteiger partial charge in [0.25, 0.3) is 11.1 Å². The molecule has 0 bridgehead atoms. The van der Waals surface area contributed by atoms with Crippen LogP contribution in [0, 0.1) is 0 Å². The second-order valence-corrected chi connectivity index (χ2v) is 7.42. The Bertz CT molecular complexity index is 1160. The van der Waals surface area contributed by atoms with Crippen LogP contribution in [0.3, 0.4) is 0 Å². The van der Waals surface area contributed by atoms with Crippen molar-refractivity contribution < 1.29 is 4.79 Å². The maximum atomic E-state index is 12.6. The Balaban J connectivity index is 1.39. The Morgan fingerprint density at radius 3 is 2.31 bits per heavy atom. The molecule has 1 N–H and O–H groups in total. The van der Waals surface area contributed by atoms with Crippen molar-refractivity contribution in [2.75, 3.05) is 31.1 Å². The standard InChI is InChI=1S/C21H21ClN4O3/c22-17-7-3-4-8-18(17)24-11-13-25(14-12-24)19(27)9-10-26-21(29)16-6-2-1-5-15(16)20(28)23-26/h1-8H,9-14H2,(H,23,28). The molecule has 1 aromatic heterocycles. The highest BCUT2D eigenvalue weighted by Crippen LogP contribution is 2.26. The number of hydrogen-bond acceptors (Lipinski definition) is 4. The van der Waals surface area contributed by atoms with Crippen LogP contribution in [0.25, 0.3) is 10.8 Å². The summed E-state index contributed by atoms with van der Waals surface area (Å²) in [6.07, 6.45) is 0.153. The van der Waals surface area contributed by atoms with E-state index in [1.165, 1.54) is 4.68 Å². The zero-order valence-corrected chi connectivity index (χ0v) is 16.6. The number of piperazine rings is 1. The van der Waals surface area contributed by atoms with Gasteiger partial charge in [0.15, 0.2) is 0 Å². The third-order valence-electron chi connectivity index (χ3n) is 5.26. The van der Waals surface area contributed by atoms with Gasteiger partial charge in [-0.15, -0.1) is 0 Å². The van der Waals surface area contributed by atoms with Gasteiger partial charge in [-0.3, -0.25) is 19.5 Å². The third-order valence-corrected chi connectivity index (χ3v) is 5.58. The molecule has 0 aliphatic carbocycles. The number of fused-ring (bicyclic) bond motifs is 1. The Morgan fingerprint density at radius 2 is 1.59 bits per heavy atom. The number of rotatable bonds is 4. The minimum absolute atomic E-state index is 0.0373. The number of benzene rings is 2. The van der Waals surface area contributed by atoms with E-state index < -0.39 is 0 Å². The first-order valence-electron chi connectivity index (χ1n) is 9.54. The van der Waals surface area contributed by atoms with Crippen molar-refractivity contribution in [2.24, 2.45) is 0 Å². The van der Waals surface area contributed by atoms with Crippen LogP contribution < -0.4 is 16.0 Å². The van der Waals surface area contributed by atoms with E-state index >= 15 is 0 Å². The number of halogens is 1. The summed E-state index contributed by atoms with van der Waals surface area (Å²) >= 11 is 6.26. The zero-order chi connectivity index (χ0) is 20.4. The summed E-state index contributed by atoms with van der Waals surface area (Å²) in [6, 6.07) is 14.3. The molecular weight excluding hydrogens is 392 g/mol. The van der Waals surface area contributed by atoms with Gasteiger partial charge in [-0.2, -0.15) is 0 Å². The summed E-state index contributed by atoms with van der Waals surface area (Å²) < 4.78 is 1.22. The second-order valence-electron chi connectivity index (χ2n) is 7.01. The maximum Gasteiger partial charge on any atom is 0.273 e. The van der Waals surface area contributed by atoms with Gasteiger partial charge in [-0.1, -0.05) is 35.9 Å². The number of amides is 1. The van der Waals surface area contributed by atoms with Crippen LogP contribution in [0.1, 0.15) is 6.42 Å². The lowest BCUT2D eigenvalue weighted by atomic mass is 10.2. The Labute approximate surface area is 172 Å². The molecule has 1 aliphatic rings. The minimum Gasteiger partial charge on any atom is -0.367 e. The highest BCUT2D eigenvalue weighted by molar-refractivity contribution is 6.33. The summed E-state index contributed by atoms with van der Waals surface area (Å²) in [5.74, 6) is -0.0373. The summed E-state index contributed by atoms with van der Waals surface area (Å²) in [4.78, 5) is 41.3. The molecule has 150 valence electrons. The fourth-order valence-electron chi connectivity index (χ4n) is 3.67. The molecule has 2 aromatic carbocycles. The molecule has 1 amide bonds. The predicted molar refractivity (Wildman–Crippen MR) is 114 cm³/mol. The first-order chi connectivity index (χ1) is 14.0. The molecule has 29 heavy (non-hydrogen) atoms. The third kappa shape index (κ3) is 3.91. The normalized spacial score (nSPS) is 14.4. The van der Waals surface area contributed by atoms with Crippen molar-refractivity contribution in [3.63, 3.8) is 0 Å². The van der Waals surface area contributed by atoms with Gasteiger partial charge in [0.05, 0.1) is 28.0 Å². The van der Waals surface area contributed by atoms with E-state index in [0.717, 1.165) is 5.69 Å². The zero-order valence-electron chi connectivity index (χ0n) is 15.8. The molecule has 3 aromatic rings. The average molecular weight is 413 g/mol. The van der Waals surface area contributed by atoms with Gasteiger partial charge in [0.2, 0.25) is 5.91 Å². The molecule has 2 heterocycles. The van der Waals surface area contributed by atoms with Crippen molar-refractivity contribution in [3.05, 3.63) is 74.3 Å². The Kier molecular flexibility index (Phi) is 5.40. The van der Waals surface area contributed by atoms with E-state index in [4.69, 9.17) is 11.6 Å². The van der Waals surface area contributed by atoms with E-state index in [9.17, 15) is 14.4 Å². The molecule has 1 saturated heterocycles. The number of carbonyl (C=O) groups is 1. The molecule has 0 spiro atoms. The van der Waals surface area contributed by atoms with Crippen molar-refractivity contribution in [3.8, 4) is 0 Å². The number of aromatic amines is 1. The number of anilines is 1. The lowest BCUT2D eigenvalue weighted by Gasteiger charge is -2.36. The summed E-state index contributed by atoms with van der Waals surface area (Å²) in [7, 11) is 0. The Hall–Kier alpha value is -3.06. The molecule has 7 nitrogen and oxygen atoms in total. The van der Waals surface area contributed by atoms with Crippen LogP contribution in [0.4, 0.5) is 5.69 Å². The van der Waals surface area contributed by atoms with E-state index in [2.05, 4.69) is 10.00 Å². The summed E-state index contributed by atoms with van der Waals surface area (Å²) in [5, 5.41) is 3.98. The van der Waals surface area contributed by atoms with Crippen molar-refractivity contribution in [1.82, 2.24) is 14.7 Å². The van der Waals surface area contributed by atoms with Gasteiger partial charge in [-0.25, -0.2) is 4.68 Å². The van der Waals surface area contributed by atoms with E-state index in [-0.39, 0.29) is 30.0 Å². The molecular formula is C21H21ClN4O3. The SMILES string of the molecule is O=C(CCn1[nH]c(=O)c2ccccc2c1=O)N1CCN(c2ccccc2Cl)CC1. The number of hydrogen-bond donors (Lipinski definition) is 1. The second kappa shape index (κ2) is 8.13. The number of nitrogens with one attached hydrogen (secondary N) is 1. The topological polar surface area (TPSA) is 78.4 Å². The number of aryl methyl sites for hydroxylation is 1. The van der Waals surface area contributed by atoms with E-state index in [1.807, 2.05) is 24.3 Å². The van der Waals surface area contributed by atoms with Crippen molar-refractivity contribution >= 4 is 34.0 Å². The molecule has 4 rings (SSSR count). The fourth-order valence-corrected chi connectivity index (χ4v) is 3.93. The number of H-pyrrole nitrogens is 1. The molecule has 1 aliphatic heterocycles. The first kappa shape index (κ1) is 19.3. The van der Waals surface area contributed by atoms with Crippen LogP contribution in [-0.2, 0) is 11.3 Å². The van der Waals surface area contributed by atoms with Gasteiger partial charge in [0, 0.05) is 32.6 Å². The van der Waals surface area contributed by atoms with Crippen LogP contribution in [0.2, 0.25) is 5.02 Å². The molecule has 0 radical (unpaired) electrons. The number of carbonyl (C=O) groups excluding carboxylic acids is 1. The minimum atomic E-state index is -0.332. The molecule has 8 heteroatoms. The highest BCUT2D eigenvalue weighted by Gasteiger charge is 2.22. The lowest BCUT2D eigenvalue weighted by molar-refractivity contribution is -0.131. The number of aromatic nitrogens is 2. The van der Waals surface area contributed by atoms with E-state index in [0.29, 0.717) is 42.0 Å². The molecule has 1 fully saturated rings. The average Bonchev–Trinajstić information content (AvgIpc) is 2.75. The van der Waals surface area contributed by atoms with Crippen molar-refractivity contribution in [2.45, 2.75) is 13.0 Å². The fraction of sp³-hybridized carbons (Fsp3) is 0.286. The molecule has 0 unspecified atom stereocenters. The number of para-hydroxylation sites is 1.